The maximum atomic E-state index is 6.82. The normalized spacial score (nSPS) is 37.4. The molecule has 20 heavy (non-hydrogen) atoms. The van der Waals surface area contributed by atoms with Crippen LogP contribution in [-0.2, 0) is 10.8 Å². The highest BCUT2D eigenvalue weighted by Gasteiger charge is 2.60. The number of halogens is 2. The number of hydrogen-bond acceptors (Lipinski definition) is 0. The Kier molecular flexibility index (Phi) is 2.43. The Balaban J connectivity index is 2.20. The van der Waals surface area contributed by atoms with Gasteiger partial charge in [0.05, 0.1) is 10.8 Å². The fraction of sp³-hybridized carbons (Fsp3) is 0.333. The van der Waals surface area contributed by atoms with E-state index in [0.717, 1.165) is 0 Å². The predicted octanol–water partition coefficient (Wildman–Crippen LogP) is 4.84. The first kappa shape index (κ1) is 12.7. The van der Waals surface area contributed by atoms with Crippen LogP contribution in [0.2, 0.25) is 0 Å². The highest BCUT2D eigenvalue weighted by molar-refractivity contribution is 6.32. The molecule has 2 bridgehead atoms. The maximum Gasteiger partial charge on any atom is 0.0646 e. The van der Waals surface area contributed by atoms with E-state index in [0.29, 0.717) is 0 Å². The summed E-state index contributed by atoms with van der Waals surface area (Å²) >= 11 is 13.6. The van der Waals surface area contributed by atoms with Crippen molar-refractivity contribution >= 4 is 23.2 Å². The Morgan fingerprint density at radius 2 is 0.900 bits per heavy atom. The van der Waals surface area contributed by atoms with Gasteiger partial charge in [-0.1, -0.05) is 48.5 Å². The van der Waals surface area contributed by atoms with E-state index in [1.165, 1.54) is 22.3 Å². The second-order valence-corrected chi connectivity index (χ2v) is 7.24. The molecule has 0 amide bonds. The van der Waals surface area contributed by atoms with Gasteiger partial charge in [0, 0.05) is 10.8 Å². The second kappa shape index (κ2) is 3.81. The van der Waals surface area contributed by atoms with Crippen molar-refractivity contribution < 1.29 is 0 Å². The van der Waals surface area contributed by atoms with Crippen molar-refractivity contribution in [2.24, 2.45) is 0 Å². The van der Waals surface area contributed by atoms with Crippen LogP contribution in [0.15, 0.2) is 48.5 Å². The van der Waals surface area contributed by atoms with E-state index in [2.05, 4.69) is 62.4 Å². The van der Waals surface area contributed by atoms with Gasteiger partial charge in [-0.25, -0.2) is 0 Å². The number of hydrogen-bond donors (Lipinski definition) is 0. The van der Waals surface area contributed by atoms with Gasteiger partial charge < -0.3 is 0 Å². The quantitative estimate of drug-likeness (QED) is 0.611. The minimum Gasteiger partial charge on any atom is -0.120 e. The minimum atomic E-state index is -0.209. The molecule has 0 saturated carbocycles. The largest absolute Gasteiger partial charge is 0.120 e. The average Bonchev–Trinajstić information content (AvgIpc) is 2.50. The van der Waals surface area contributed by atoms with Crippen molar-refractivity contribution in [1.29, 1.82) is 0 Å². The molecule has 2 atom stereocenters. The monoisotopic (exact) mass is 302 g/mol. The van der Waals surface area contributed by atoms with Crippen LogP contribution in [0.5, 0.6) is 0 Å². The van der Waals surface area contributed by atoms with Crippen molar-refractivity contribution in [3.05, 3.63) is 70.8 Å². The molecule has 2 heteroatoms. The zero-order valence-electron chi connectivity index (χ0n) is 11.5. The molecule has 0 fully saturated rings. The van der Waals surface area contributed by atoms with Gasteiger partial charge in [-0.15, -0.1) is 23.2 Å². The summed E-state index contributed by atoms with van der Waals surface area (Å²) in [5, 5.41) is -0.196. The number of alkyl halides is 2. The molecule has 0 N–H and O–H groups in total. The summed E-state index contributed by atoms with van der Waals surface area (Å²) in [6.45, 7) is 4.47. The first-order chi connectivity index (χ1) is 9.52. The lowest BCUT2D eigenvalue weighted by atomic mass is 9.50. The summed E-state index contributed by atoms with van der Waals surface area (Å²) in [7, 11) is 0. The molecule has 5 rings (SSSR count). The standard InChI is InChI=1S/C18H16Cl2/c1-17-11-7-3-5-9-13(11)18(2,16(20)15(17)19)14-10-6-4-8-12(14)17/h3-10,15-16H,1-2H3. The van der Waals surface area contributed by atoms with Crippen LogP contribution >= 0.6 is 23.2 Å². The summed E-state index contributed by atoms with van der Waals surface area (Å²) in [6, 6.07) is 17.2. The van der Waals surface area contributed by atoms with E-state index >= 15 is 0 Å². The van der Waals surface area contributed by atoms with Crippen LogP contribution in [0.4, 0.5) is 0 Å². The van der Waals surface area contributed by atoms with Crippen LogP contribution in [-0.4, -0.2) is 10.8 Å². The third-order valence-corrected chi connectivity index (χ3v) is 6.96. The summed E-state index contributed by atoms with van der Waals surface area (Å²) in [4.78, 5) is 0. The Bertz CT molecular complexity index is 597. The highest BCUT2D eigenvalue weighted by Crippen LogP contribution is 2.61. The van der Waals surface area contributed by atoms with Crippen molar-refractivity contribution in [3.63, 3.8) is 0 Å². The molecule has 0 nitrogen and oxygen atoms in total. The first-order valence-corrected chi connectivity index (χ1v) is 7.87. The SMILES string of the molecule is CC12c3ccccc3C(C)(c3ccccc31)C(Cl)C2Cl. The molecule has 0 radical (unpaired) electrons. The third kappa shape index (κ3) is 1.17. The van der Waals surface area contributed by atoms with Gasteiger partial charge in [0.15, 0.2) is 0 Å². The van der Waals surface area contributed by atoms with Crippen molar-refractivity contribution in [2.75, 3.05) is 0 Å². The van der Waals surface area contributed by atoms with Gasteiger partial charge in [0.25, 0.3) is 0 Å². The molecule has 0 saturated heterocycles. The maximum absolute atomic E-state index is 6.82. The molecule has 2 aromatic carbocycles. The van der Waals surface area contributed by atoms with Crippen LogP contribution < -0.4 is 0 Å². The molecule has 0 aliphatic heterocycles. The van der Waals surface area contributed by atoms with Crippen LogP contribution in [0, 0.1) is 0 Å². The molecule has 0 spiro atoms. The topological polar surface area (TPSA) is 0 Å². The van der Waals surface area contributed by atoms with Gasteiger partial charge in [-0.05, 0) is 36.1 Å². The summed E-state index contributed by atoms with van der Waals surface area (Å²) < 4.78 is 0. The Labute approximate surface area is 129 Å². The predicted molar refractivity (Wildman–Crippen MR) is 85.1 cm³/mol. The Morgan fingerprint density at radius 1 is 0.650 bits per heavy atom. The zero-order valence-corrected chi connectivity index (χ0v) is 13.0. The molecule has 2 aromatic rings. The van der Waals surface area contributed by atoms with Gasteiger partial charge in [0.2, 0.25) is 0 Å². The smallest absolute Gasteiger partial charge is 0.0646 e. The summed E-state index contributed by atoms with van der Waals surface area (Å²) in [5.41, 5.74) is 4.91. The van der Waals surface area contributed by atoms with Crippen molar-refractivity contribution in [1.82, 2.24) is 0 Å². The molecule has 3 aliphatic rings. The van der Waals surface area contributed by atoms with E-state index in [4.69, 9.17) is 23.2 Å². The van der Waals surface area contributed by atoms with E-state index in [-0.39, 0.29) is 21.6 Å². The lowest BCUT2D eigenvalue weighted by molar-refractivity contribution is 0.340. The van der Waals surface area contributed by atoms with Gasteiger partial charge in [-0.2, -0.15) is 0 Å². The molecular formula is C18H16Cl2. The first-order valence-electron chi connectivity index (χ1n) is 7.00. The third-order valence-electron chi connectivity index (χ3n) is 5.45. The van der Waals surface area contributed by atoms with E-state index in [1.807, 2.05) is 0 Å². The van der Waals surface area contributed by atoms with Crippen LogP contribution in [0.3, 0.4) is 0 Å². The number of fused-ring (bicyclic) bond motifs is 1. The fourth-order valence-corrected chi connectivity index (χ4v) is 5.22. The fourth-order valence-electron chi connectivity index (χ4n) is 4.25. The van der Waals surface area contributed by atoms with Gasteiger partial charge in [0.1, 0.15) is 0 Å². The molecule has 2 unspecified atom stereocenters. The molecule has 102 valence electrons. The van der Waals surface area contributed by atoms with E-state index < -0.39 is 0 Å². The van der Waals surface area contributed by atoms with Crippen molar-refractivity contribution in [2.45, 2.75) is 35.4 Å². The average molecular weight is 303 g/mol. The highest BCUT2D eigenvalue weighted by atomic mass is 35.5. The number of rotatable bonds is 0. The van der Waals surface area contributed by atoms with E-state index in [9.17, 15) is 0 Å². The van der Waals surface area contributed by atoms with E-state index in [1.54, 1.807) is 0 Å². The molecule has 0 heterocycles. The Hall–Kier alpha value is -0.980. The lowest BCUT2D eigenvalue weighted by Crippen LogP contribution is -2.60. The van der Waals surface area contributed by atoms with Gasteiger partial charge >= 0.3 is 0 Å². The minimum absolute atomic E-state index is 0.0982. The van der Waals surface area contributed by atoms with Crippen LogP contribution in [0.25, 0.3) is 0 Å². The Morgan fingerprint density at radius 3 is 1.15 bits per heavy atom. The summed E-state index contributed by atoms with van der Waals surface area (Å²) in [6.07, 6.45) is 0. The molecular weight excluding hydrogens is 287 g/mol. The molecule has 0 aromatic heterocycles. The second-order valence-electron chi connectivity index (χ2n) is 6.30. The zero-order chi connectivity index (χ0) is 14.1. The van der Waals surface area contributed by atoms with Crippen molar-refractivity contribution in [3.8, 4) is 0 Å². The number of benzene rings is 2. The summed E-state index contributed by atoms with van der Waals surface area (Å²) in [5.74, 6) is 0. The lowest BCUT2D eigenvalue weighted by Gasteiger charge is -2.58. The molecule has 3 aliphatic carbocycles. The van der Waals surface area contributed by atoms with Crippen LogP contribution in [0.1, 0.15) is 36.1 Å². The van der Waals surface area contributed by atoms with Gasteiger partial charge in [-0.3, -0.25) is 0 Å².